The van der Waals surface area contributed by atoms with Crippen molar-refractivity contribution in [3.8, 4) is 0 Å². The van der Waals surface area contributed by atoms with Crippen LogP contribution in [0.3, 0.4) is 0 Å². The first-order valence-electron chi connectivity index (χ1n) is 9.25. The van der Waals surface area contributed by atoms with Crippen LogP contribution in [-0.4, -0.2) is 40.4 Å². The molecule has 1 aliphatic heterocycles. The van der Waals surface area contributed by atoms with E-state index in [1.807, 2.05) is 24.3 Å². The van der Waals surface area contributed by atoms with Gasteiger partial charge < -0.3 is 5.32 Å². The van der Waals surface area contributed by atoms with Crippen LogP contribution in [-0.2, 0) is 6.42 Å². The van der Waals surface area contributed by atoms with E-state index in [1.54, 1.807) is 6.20 Å². The molecule has 1 aromatic carbocycles. The van der Waals surface area contributed by atoms with Crippen LogP contribution in [0.4, 0.5) is 0 Å². The molecule has 1 aromatic heterocycles. The summed E-state index contributed by atoms with van der Waals surface area (Å²) >= 11 is 6.03. The average molecular weight is 373 g/mol. The number of hydrogen-bond acceptors (Lipinski definition) is 4. The maximum absolute atomic E-state index is 12.7. The molecular weight excluding hydrogens is 348 g/mol. The topological polar surface area (TPSA) is 58.1 Å². The fraction of sp³-hybridized carbons (Fsp3) is 0.450. The molecular formula is C20H25ClN4O. The summed E-state index contributed by atoms with van der Waals surface area (Å²) in [5.74, 6) is -0.104. The second kappa shape index (κ2) is 9.10. The van der Waals surface area contributed by atoms with Crippen molar-refractivity contribution in [1.82, 2.24) is 20.2 Å². The van der Waals surface area contributed by atoms with Gasteiger partial charge in [0.1, 0.15) is 6.33 Å². The van der Waals surface area contributed by atoms with E-state index in [4.69, 9.17) is 11.6 Å². The smallest absolute Gasteiger partial charge is 0.254 e. The van der Waals surface area contributed by atoms with E-state index in [0.29, 0.717) is 12.1 Å². The van der Waals surface area contributed by atoms with Crippen LogP contribution in [0, 0.1) is 0 Å². The number of halogens is 1. The highest BCUT2D eigenvalue weighted by Gasteiger charge is 2.24. The molecule has 2 heterocycles. The number of carbonyl (C=O) groups is 1. The number of rotatable bonds is 7. The van der Waals surface area contributed by atoms with E-state index in [1.165, 1.54) is 24.7 Å². The number of hydrogen-bond donors (Lipinski definition) is 1. The van der Waals surface area contributed by atoms with Gasteiger partial charge >= 0.3 is 0 Å². The summed E-state index contributed by atoms with van der Waals surface area (Å²) in [5, 5.41) is 3.82. The summed E-state index contributed by atoms with van der Waals surface area (Å²) in [4.78, 5) is 23.4. The first kappa shape index (κ1) is 18.8. The molecule has 3 rings (SSSR count). The van der Waals surface area contributed by atoms with E-state index in [-0.39, 0.29) is 11.9 Å². The Labute approximate surface area is 159 Å². The molecule has 26 heavy (non-hydrogen) atoms. The molecule has 1 atom stereocenters. The quantitative estimate of drug-likeness (QED) is 0.806. The van der Waals surface area contributed by atoms with Crippen LogP contribution in [0.2, 0.25) is 5.02 Å². The molecule has 1 amide bonds. The second-order valence-corrected chi connectivity index (χ2v) is 7.09. The molecule has 2 aromatic rings. The minimum atomic E-state index is -0.104. The predicted octanol–water partition coefficient (Wildman–Crippen LogP) is 3.65. The van der Waals surface area contributed by atoms with Gasteiger partial charge in [-0.25, -0.2) is 9.97 Å². The number of benzene rings is 1. The van der Waals surface area contributed by atoms with Gasteiger partial charge in [0.05, 0.1) is 17.3 Å². The summed E-state index contributed by atoms with van der Waals surface area (Å²) in [6.07, 6.45) is 7.23. The Hall–Kier alpha value is -1.98. The molecule has 0 spiro atoms. The number of nitrogens with zero attached hydrogens (tertiary/aromatic N) is 3. The van der Waals surface area contributed by atoms with Crippen LogP contribution < -0.4 is 5.32 Å². The molecule has 0 radical (unpaired) electrons. The summed E-state index contributed by atoms with van der Waals surface area (Å²) < 4.78 is 0. The van der Waals surface area contributed by atoms with Crippen LogP contribution in [0.25, 0.3) is 0 Å². The molecule has 1 saturated heterocycles. The van der Waals surface area contributed by atoms with Gasteiger partial charge in [0.25, 0.3) is 5.91 Å². The first-order valence-corrected chi connectivity index (χ1v) is 9.63. The summed E-state index contributed by atoms with van der Waals surface area (Å²) in [6, 6.07) is 8.06. The largest absolute Gasteiger partial charge is 0.350 e. The Morgan fingerprint density at radius 2 is 2.00 bits per heavy atom. The Bertz CT molecular complexity index is 729. The Morgan fingerprint density at radius 1 is 1.27 bits per heavy atom. The second-order valence-electron chi connectivity index (χ2n) is 6.65. The Balaban J connectivity index is 1.73. The molecule has 0 aliphatic carbocycles. The van der Waals surface area contributed by atoms with Gasteiger partial charge in [-0.15, -0.1) is 0 Å². The van der Waals surface area contributed by atoms with Crippen molar-refractivity contribution >= 4 is 17.5 Å². The van der Waals surface area contributed by atoms with Crippen molar-refractivity contribution in [2.45, 2.75) is 38.6 Å². The van der Waals surface area contributed by atoms with Crippen LogP contribution in [0.1, 0.15) is 53.8 Å². The normalized spacial score (nSPS) is 15.8. The van der Waals surface area contributed by atoms with Crippen molar-refractivity contribution in [1.29, 1.82) is 0 Å². The molecule has 0 unspecified atom stereocenters. The van der Waals surface area contributed by atoms with Gasteiger partial charge in [-0.3, -0.25) is 9.69 Å². The van der Waals surface area contributed by atoms with Crippen LogP contribution >= 0.6 is 11.6 Å². The van der Waals surface area contributed by atoms with E-state index in [2.05, 4.69) is 27.1 Å². The number of amides is 1. The van der Waals surface area contributed by atoms with Crippen molar-refractivity contribution in [3.63, 3.8) is 0 Å². The average Bonchev–Trinajstić information content (AvgIpc) is 3.18. The minimum absolute atomic E-state index is 0.104. The van der Waals surface area contributed by atoms with Crippen molar-refractivity contribution in [2.24, 2.45) is 0 Å². The standard InChI is InChI=1S/C20H25ClN4O/c1-2-5-18-17(12-22-14-24-18)20(26)23-13-19(25-10-3-4-11-25)15-6-8-16(21)9-7-15/h6-9,12,14,19H,2-5,10-11,13H2,1H3,(H,23,26)/t19-/m0/s1. The third kappa shape index (κ3) is 4.59. The number of likely N-dealkylation sites (tertiary alicyclic amines) is 1. The number of aromatic nitrogens is 2. The molecule has 5 nitrogen and oxygen atoms in total. The molecule has 0 bridgehead atoms. The highest BCUT2D eigenvalue weighted by atomic mass is 35.5. The van der Waals surface area contributed by atoms with E-state index < -0.39 is 0 Å². The van der Waals surface area contributed by atoms with E-state index >= 15 is 0 Å². The van der Waals surface area contributed by atoms with Gasteiger partial charge in [-0.2, -0.15) is 0 Å². The predicted molar refractivity (Wildman–Crippen MR) is 103 cm³/mol. The lowest BCUT2D eigenvalue weighted by Crippen LogP contribution is -2.37. The molecule has 6 heteroatoms. The molecule has 1 aliphatic rings. The van der Waals surface area contributed by atoms with Gasteiger partial charge in [-0.05, 0) is 50.0 Å². The first-order chi connectivity index (χ1) is 12.7. The molecule has 138 valence electrons. The Kier molecular flexibility index (Phi) is 6.58. The fourth-order valence-electron chi connectivity index (χ4n) is 3.46. The zero-order valence-electron chi connectivity index (χ0n) is 15.1. The number of aryl methyl sites for hydroxylation is 1. The van der Waals surface area contributed by atoms with Gasteiger partial charge in [0.2, 0.25) is 0 Å². The maximum atomic E-state index is 12.7. The lowest BCUT2D eigenvalue weighted by Gasteiger charge is -2.28. The highest BCUT2D eigenvalue weighted by Crippen LogP contribution is 2.26. The SMILES string of the molecule is CCCc1ncncc1C(=O)NC[C@@H](c1ccc(Cl)cc1)N1CCCC1. The maximum Gasteiger partial charge on any atom is 0.254 e. The van der Waals surface area contributed by atoms with Gasteiger partial charge in [0.15, 0.2) is 0 Å². The van der Waals surface area contributed by atoms with Crippen molar-refractivity contribution in [2.75, 3.05) is 19.6 Å². The van der Waals surface area contributed by atoms with Crippen LogP contribution in [0.5, 0.6) is 0 Å². The summed E-state index contributed by atoms with van der Waals surface area (Å²) in [5.41, 5.74) is 2.56. The summed E-state index contributed by atoms with van der Waals surface area (Å²) in [6.45, 7) is 4.74. The third-order valence-electron chi connectivity index (χ3n) is 4.82. The Morgan fingerprint density at radius 3 is 2.69 bits per heavy atom. The van der Waals surface area contributed by atoms with Crippen LogP contribution in [0.15, 0.2) is 36.8 Å². The zero-order valence-corrected chi connectivity index (χ0v) is 15.9. The molecule has 1 N–H and O–H groups in total. The zero-order chi connectivity index (χ0) is 18.4. The van der Waals surface area contributed by atoms with E-state index in [9.17, 15) is 4.79 Å². The van der Waals surface area contributed by atoms with Gasteiger partial charge in [0, 0.05) is 17.8 Å². The highest BCUT2D eigenvalue weighted by molar-refractivity contribution is 6.30. The fourth-order valence-corrected chi connectivity index (χ4v) is 3.59. The lowest BCUT2D eigenvalue weighted by atomic mass is 10.0. The summed E-state index contributed by atoms with van der Waals surface area (Å²) in [7, 11) is 0. The lowest BCUT2D eigenvalue weighted by molar-refractivity contribution is 0.0936. The van der Waals surface area contributed by atoms with E-state index in [0.717, 1.165) is 36.6 Å². The van der Waals surface area contributed by atoms with Crippen molar-refractivity contribution in [3.05, 3.63) is 58.6 Å². The number of carbonyl (C=O) groups excluding carboxylic acids is 1. The molecule has 0 saturated carbocycles. The third-order valence-corrected chi connectivity index (χ3v) is 5.07. The van der Waals surface area contributed by atoms with Gasteiger partial charge in [-0.1, -0.05) is 37.1 Å². The number of nitrogens with one attached hydrogen (secondary N) is 1. The molecule has 1 fully saturated rings. The van der Waals surface area contributed by atoms with Crippen molar-refractivity contribution < 1.29 is 4.79 Å². The minimum Gasteiger partial charge on any atom is -0.350 e. The monoisotopic (exact) mass is 372 g/mol.